The smallest absolute Gasteiger partial charge is 0.338 e. The summed E-state index contributed by atoms with van der Waals surface area (Å²) in [5.41, 5.74) is 0.984. The van der Waals surface area contributed by atoms with E-state index in [0.717, 1.165) is 0 Å². The summed E-state index contributed by atoms with van der Waals surface area (Å²) in [7, 11) is -3.77. The Hall–Kier alpha value is -2.17. The predicted molar refractivity (Wildman–Crippen MR) is 116 cm³/mol. The third kappa shape index (κ3) is 5.75. The minimum absolute atomic E-state index is 0.0211. The molecule has 1 fully saturated rings. The minimum atomic E-state index is -3.77. The van der Waals surface area contributed by atoms with Gasteiger partial charge >= 0.3 is 5.97 Å². The number of halogens is 2. The summed E-state index contributed by atoms with van der Waals surface area (Å²) in [5.74, 6) is -1.39. The van der Waals surface area contributed by atoms with Crippen LogP contribution in [0.5, 0.6) is 0 Å². The molecule has 2 aromatic rings. The largest absolute Gasteiger partial charge is 0.452 e. The minimum Gasteiger partial charge on any atom is -0.452 e. The van der Waals surface area contributed by atoms with Crippen LogP contribution in [0.2, 0.25) is 10.0 Å². The molecule has 1 aliphatic heterocycles. The second-order valence-corrected chi connectivity index (χ2v) is 9.50. The number of ether oxygens (including phenoxy) is 2. The van der Waals surface area contributed by atoms with Gasteiger partial charge in [0.05, 0.1) is 33.7 Å². The molecule has 1 saturated heterocycles. The summed E-state index contributed by atoms with van der Waals surface area (Å²) in [4.78, 5) is 24.6. The van der Waals surface area contributed by atoms with Crippen LogP contribution in [0.3, 0.4) is 0 Å². The molecule has 0 saturated carbocycles. The van der Waals surface area contributed by atoms with Crippen molar-refractivity contribution in [2.75, 3.05) is 38.2 Å². The monoisotopic (exact) mass is 486 g/mol. The van der Waals surface area contributed by atoms with Gasteiger partial charge in [0.1, 0.15) is 0 Å². The van der Waals surface area contributed by atoms with E-state index < -0.39 is 28.5 Å². The van der Waals surface area contributed by atoms with Gasteiger partial charge in [-0.3, -0.25) is 4.79 Å². The number of hydrogen-bond acceptors (Lipinski definition) is 6. The molecule has 11 heteroatoms. The number of esters is 1. The average Bonchev–Trinajstić information content (AvgIpc) is 2.75. The van der Waals surface area contributed by atoms with Crippen molar-refractivity contribution in [2.45, 2.75) is 11.8 Å². The molecule has 0 spiro atoms. The number of aryl methyl sites for hydroxylation is 1. The van der Waals surface area contributed by atoms with E-state index in [1.165, 1.54) is 34.6 Å². The highest BCUT2D eigenvalue weighted by Crippen LogP contribution is 2.25. The zero-order valence-corrected chi connectivity index (χ0v) is 18.9. The summed E-state index contributed by atoms with van der Waals surface area (Å²) in [5, 5.41) is 3.15. The fraction of sp³-hybridized carbons (Fsp3) is 0.300. The van der Waals surface area contributed by atoms with Gasteiger partial charge in [-0.25, -0.2) is 13.2 Å². The molecule has 0 unspecified atom stereocenters. The molecule has 3 rings (SSSR count). The number of benzene rings is 2. The molecule has 0 aliphatic carbocycles. The van der Waals surface area contributed by atoms with E-state index in [1.807, 2.05) is 0 Å². The lowest BCUT2D eigenvalue weighted by atomic mass is 10.1. The Morgan fingerprint density at radius 1 is 1.10 bits per heavy atom. The van der Waals surface area contributed by atoms with Crippen LogP contribution in [0.25, 0.3) is 0 Å². The number of rotatable bonds is 6. The first kappa shape index (κ1) is 23.5. The molecule has 8 nitrogen and oxygen atoms in total. The zero-order valence-electron chi connectivity index (χ0n) is 16.6. The van der Waals surface area contributed by atoms with E-state index in [0.29, 0.717) is 29.5 Å². The van der Waals surface area contributed by atoms with Crippen LogP contribution in [0.4, 0.5) is 5.69 Å². The molecule has 0 atom stereocenters. The van der Waals surface area contributed by atoms with Gasteiger partial charge in [0.15, 0.2) is 6.61 Å². The van der Waals surface area contributed by atoms with E-state index in [-0.39, 0.29) is 28.6 Å². The van der Waals surface area contributed by atoms with Gasteiger partial charge < -0.3 is 14.8 Å². The summed E-state index contributed by atoms with van der Waals surface area (Å²) in [6.45, 7) is 2.20. The van der Waals surface area contributed by atoms with E-state index in [9.17, 15) is 18.0 Å². The van der Waals surface area contributed by atoms with Crippen molar-refractivity contribution in [3.05, 3.63) is 57.6 Å². The Morgan fingerprint density at radius 3 is 2.48 bits per heavy atom. The van der Waals surface area contributed by atoms with Gasteiger partial charge in [0, 0.05) is 18.8 Å². The molecule has 0 bridgehead atoms. The maximum absolute atomic E-state index is 12.8. The van der Waals surface area contributed by atoms with Crippen molar-refractivity contribution in [1.29, 1.82) is 0 Å². The first-order valence-electron chi connectivity index (χ1n) is 9.29. The summed E-state index contributed by atoms with van der Waals surface area (Å²) in [6, 6.07) is 8.77. The van der Waals surface area contributed by atoms with Crippen LogP contribution >= 0.6 is 23.2 Å². The van der Waals surface area contributed by atoms with Gasteiger partial charge in [-0.15, -0.1) is 0 Å². The molecular weight excluding hydrogens is 467 g/mol. The fourth-order valence-electron chi connectivity index (χ4n) is 2.90. The number of hydrogen-bond donors (Lipinski definition) is 1. The van der Waals surface area contributed by atoms with Gasteiger partial charge in [-0.05, 0) is 42.8 Å². The molecule has 1 aliphatic rings. The molecule has 1 N–H and O–H groups in total. The standard InChI is InChI=1S/C20H20Cl2N2O6S/c1-13-2-4-15(31(27,28)24-6-8-29-9-7-24)11-16(13)20(26)30-12-19(25)23-14-3-5-17(21)18(22)10-14/h2-5,10-11H,6-9,12H2,1H3,(H,23,25). The van der Waals surface area contributed by atoms with Crippen molar-refractivity contribution in [3.8, 4) is 0 Å². The lowest BCUT2D eigenvalue weighted by molar-refractivity contribution is -0.119. The molecule has 1 amide bonds. The number of nitrogens with zero attached hydrogens (tertiary/aromatic N) is 1. The Balaban J connectivity index is 1.67. The van der Waals surface area contributed by atoms with Crippen LogP contribution in [-0.4, -0.2) is 57.5 Å². The maximum Gasteiger partial charge on any atom is 0.338 e. The van der Waals surface area contributed by atoms with Gasteiger partial charge in [-0.1, -0.05) is 29.3 Å². The lowest BCUT2D eigenvalue weighted by Gasteiger charge is -2.26. The lowest BCUT2D eigenvalue weighted by Crippen LogP contribution is -2.40. The summed E-state index contributed by atoms with van der Waals surface area (Å²) >= 11 is 11.7. The van der Waals surface area contributed by atoms with Crippen molar-refractivity contribution in [3.63, 3.8) is 0 Å². The van der Waals surface area contributed by atoms with E-state index >= 15 is 0 Å². The number of sulfonamides is 1. The van der Waals surface area contributed by atoms with Crippen molar-refractivity contribution in [2.24, 2.45) is 0 Å². The molecule has 31 heavy (non-hydrogen) atoms. The van der Waals surface area contributed by atoms with Crippen LogP contribution in [0.15, 0.2) is 41.3 Å². The predicted octanol–water partition coefficient (Wildman–Crippen LogP) is 3.12. The Kier molecular flexibility index (Phi) is 7.55. The Bertz CT molecular complexity index is 1100. The van der Waals surface area contributed by atoms with Crippen LogP contribution in [0, 0.1) is 6.92 Å². The number of carbonyl (C=O) groups is 2. The zero-order chi connectivity index (χ0) is 22.6. The van der Waals surface area contributed by atoms with Gasteiger partial charge in [0.25, 0.3) is 5.91 Å². The molecular formula is C20H20Cl2N2O6S. The van der Waals surface area contributed by atoms with E-state index in [2.05, 4.69) is 5.32 Å². The molecule has 166 valence electrons. The molecule has 0 radical (unpaired) electrons. The number of nitrogens with one attached hydrogen (secondary N) is 1. The van der Waals surface area contributed by atoms with Crippen molar-refractivity contribution in [1.82, 2.24) is 4.31 Å². The topological polar surface area (TPSA) is 102 Å². The van der Waals surface area contributed by atoms with Crippen molar-refractivity contribution < 1.29 is 27.5 Å². The molecule has 2 aromatic carbocycles. The first-order chi connectivity index (χ1) is 14.7. The Labute approximate surface area is 190 Å². The van der Waals surface area contributed by atoms with Crippen LogP contribution in [0.1, 0.15) is 15.9 Å². The average molecular weight is 487 g/mol. The number of carbonyl (C=O) groups excluding carboxylic acids is 2. The number of anilines is 1. The van der Waals surface area contributed by atoms with Gasteiger partial charge in [-0.2, -0.15) is 4.31 Å². The number of morpholine rings is 1. The SMILES string of the molecule is Cc1ccc(S(=O)(=O)N2CCOCC2)cc1C(=O)OCC(=O)Nc1ccc(Cl)c(Cl)c1. The highest BCUT2D eigenvalue weighted by molar-refractivity contribution is 7.89. The second kappa shape index (κ2) is 9.97. The highest BCUT2D eigenvalue weighted by atomic mass is 35.5. The van der Waals surface area contributed by atoms with Crippen molar-refractivity contribution >= 4 is 50.8 Å². The quantitative estimate of drug-likeness (QED) is 0.629. The number of amides is 1. The van der Waals surface area contributed by atoms with E-state index in [4.69, 9.17) is 32.7 Å². The fourth-order valence-corrected chi connectivity index (χ4v) is 4.63. The third-order valence-electron chi connectivity index (χ3n) is 4.57. The first-order valence-corrected chi connectivity index (χ1v) is 11.5. The normalized spacial score (nSPS) is 14.8. The molecule has 1 heterocycles. The van der Waals surface area contributed by atoms with Crippen LogP contribution in [-0.2, 0) is 24.3 Å². The third-order valence-corrected chi connectivity index (χ3v) is 7.21. The van der Waals surface area contributed by atoms with E-state index in [1.54, 1.807) is 13.0 Å². The maximum atomic E-state index is 12.8. The van der Waals surface area contributed by atoms with Crippen LogP contribution < -0.4 is 5.32 Å². The van der Waals surface area contributed by atoms with Gasteiger partial charge in [0.2, 0.25) is 10.0 Å². The highest BCUT2D eigenvalue weighted by Gasteiger charge is 2.27. The second-order valence-electron chi connectivity index (χ2n) is 6.75. The summed E-state index contributed by atoms with van der Waals surface area (Å²) in [6.07, 6.45) is 0. The Morgan fingerprint density at radius 2 is 1.81 bits per heavy atom. The molecule has 0 aromatic heterocycles. The summed E-state index contributed by atoms with van der Waals surface area (Å²) < 4.78 is 37.2.